The topological polar surface area (TPSA) is 70.6 Å². The van der Waals surface area contributed by atoms with Crippen molar-refractivity contribution in [2.24, 2.45) is 0 Å². The number of rotatable bonds is 3. The molecule has 0 N–H and O–H groups in total. The van der Waals surface area contributed by atoms with Gasteiger partial charge in [-0.25, -0.2) is 8.42 Å². The summed E-state index contributed by atoms with van der Waals surface area (Å²) in [5.74, 6) is -0.228. The van der Waals surface area contributed by atoms with Gasteiger partial charge in [0, 0.05) is 37.6 Å². The lowest BCUT2D eigenvalue weighted by atomic mass is 10.1. The molecule has 1 aromatic carbocycles. The van der Waals surface area contributed by atoms with Crippen molar-refractivity contribution in [3.63, 3.8) is 0 Å². The van der Waals surface area contributed by atoms with Gasteiger partial charge in [-0.1, -0.05) is 0 Å². The second-order valence-corrected chi connectivity index (χ2v) is 8.77. The van der Waals surface area contributed by atoms with E-state index in [2.05, 4.69) is 4.98 Å². The van der Waals surface area contributed by atoms with E-state index in [9.17, 15) is 26.4 Å². The van der Waals surface area contributed by atoms with Crippen LogP contribution in [-0.4, -0.2) is 54.2 Å². The van der Waals surface area contributed by atoms with Crippen molar-refractivity contribution >= 4 is 15.9 Å². The number of hydrogen-bond acceptors (Lipinski definition) is 4. The minimum absolute atomic E-state index is 0.0512. The van der Waals surface area contributed by atoms with E-state index in [-0.39, 0.29) is 30.4 Å². The minimum atomic E-state index is -4.54. The first kappa shape index (κ1) is 21.3. The van der Waals surface area contributed by atoms with E-state index in [0.29, 0.717) is 11.3 Å². The van der Waals surface area contributed by atoms with E-state index in [1.165, 1.54) is 4.31 Å². The minimum Gasteiger partial charge on any atom is -0.336 e. The average Bonchev–Trinajstić information content (AvgIpc) is 2.67. The molecule has 156 valence electrons. The number of nitrogens with zero attached hydrogens (tertiary/aromatic N) is 3. The van der Waals surface area contributed by atoms with E-state index in [1.54, 1.807) is 37.1 Å². The summed E-state index contributed by atoms with van der Waals surface area (Å²) in [5.41, 5.74) is 0.135. The summed E-state index contributed by atoms with van der Waals surface area (Å²) in [4.78, 5) is 18.2. The highest BCUT2D eigenvalue weighted by molar-refractivity contribution is 7.89. The van der Waals surface area contributed by atoms with E-state index < -0.39 is 27.8 Å². The van der Waals surface area contributed by atoms with Crippen LogP contribution in [0.1, 0.15) is 28.5 Å². The molecule has 0 radical (unpaired) electrons. The van der Waals surface area contributed by atoms with Gasteiger partial charge in [0.2, 0.25) is 10.0 Å². The maximum Gasteiger partial charge on any atom is 0.416 e. The molecule has 10 heteroatoms. The number of carbonyl (C=O) groups is 1. The monoisotopic (exact) mass is 427 g/mol. The van der Waals surface area contributed by atoms with Crippen molar-refractivity contribution in [2.75, 3.05) is 19.6 Å². The highest BCUT2D eigenvalue weighted by atomic mass is 32.2. The second-order valence-electron chi connectivity index (χ2n) is 6.87. The van der Waals surface area contributed by atoms with E-state index in [0.717, 1.165) is 24.3 Å². The zero-order valence-corrected chi connectivity index (χ0v) is 16.7. The number of carbonyl (C=O) groups excluding carboxylic acids is 1. The molecule has 0 spiro atoms. The third-order valence-corrected chi connectivity index (χ3v) is 6.91. The summed E-state index contributed by atoms with van der Waals surface area (Å²) in [7, 11) is -3.98. The fraction of sp³-hybridized carbons (Fsp3) is 0.368. The molecule has 1 saturated heterocycles. The molecular weight excluding hydrogens is 407 g/mol. The molecule has 1 unspecified atom stereocenters. The lowest BCUT2D eigenvalue weighted by Crippen LogP contribution is -2.55. The fourth-order valence-corrected chi connectivity index (χ4v) is 4.93. The fourth-order valence-electron chi connectivity index (χ4n) is 3.31. The Hall–Kier alpha value is -2.46. The van der Waals surface area contributed by atoms with Crippen LogP contribution in [0.2, 0.25) is 0 Å². The van der Waals surface area contributed by atoms with Crippen molar-refractivity contribution in [1.82, 2.24) is 14.2 Å². The van der Waals surface area contributed by atoms with Crippen molar-refractivity contribution in [3.8, 4) is 0 Å². The summed E-state index contributed by atoms with van der Waals surface area (Å²) < 4.78 is 65.2. The molecule has 1 aliphatic rings. The number of halogens is 3. The number of piperazine rings is 1. The Morgan fingerprint density at radius 3 is 2.34 bits per heavy atom. The van der Waals surface area contributed by atoms with Crippen LogP contribution < -0.4 is 0 Å². The van der Waals surface area contributed by atoms with Gasteiger partial charge in [0.1, 0.15) is 0 Å². The molecular formula is C19H20F3N3O3S. The molecule has 0 aliphatic carbocycles. The van der Waals surface area contributed by atoms with Crippen LogP contribution in [-0.2, 0) is 16.2 Å². The molecule has 0 bridgehead atoms. The van der Waals surface area contributed by atoms with E-state index in [4.69, 9.17) is 0 Å². The first-order chi connectivity index (χ1) is 13.5. The lowest BCUT2D eigenvalue weighted by molar-refractivity contribution is -0.137. The van der Waals surface area contributed by atoms with Crippen molar-refractivity contribution in [2.45, 2.75) is 31.0 Å². The Kier molecular flexibility index (Phi) is 5.68. The van der Waals surface area contributed by atoms with Crippen LogP contribution in [0, 0.1) is 6.92 Å². The number of hydrogen-bond donors (Lipinski definition) is 0. The zero-order chi connectivity index (χ0) is 21.4. The maximum absolute atomic E-state index is 12.9. The Morgan fingerprint density at radius 2 is 1.79 bits per heavy atom. The SMILES string of the molecule is Cc1ncccc1C(=O)N1CCN(S(=O)(=O)c2ccc(C(F)(F)F)cc2)C(C)C1. The molecule has 29 heavy (non-hydrogen) atoms. The van der Waals surface area contributed by atoms with Gasteiger partial charge >= 0.3 is 6.18 Å². The summed E-state index contributed by atoms with van der Waals surface area (Å²) in [6.07, 6.45) is -2.95. The normalized spacial score (nSPS) is 18.7. The summed E-state index contributed by atoms with van der Waals surface area (Å²) >= 11 is 0. The van der Waals surface area contributed by atoms with Crippen molar-refractivity contribution < 1.29 is 26.4 Å². The molecule has 2 aromatic rings. The van der Waals surface area contributed by atoms with E-state index >= 15 is 0 Å². The number of aryl methyl sites for hydroxylation is 1. The maximum atomic E-state index is 12.9. The first-order valence-corrected chi connectivity index (χ1v) is 10.4. The van der Waals surface area contributed by atoms with Crippen molar-refractivity contribution in [1.29, 1.82) is 0 Å². The van der Waals surface area contributed by atoms with Crippen LogP contribution in [0.15, 0.2) is 47.5 Å². The van der Waals surface area contributed by atoms with Crippen molar-refractivity contribution in [3.05, 3.63) is 59.4 Å². The largest absolute Gasteiger partial charge is 0.416 e. The molecule has 2 heterocycles. The van der Waals surface area contributed by atoms with Gasteiger partial charge in [-0.3, -0.25) is 9.78 Å². The number of amides is 1. The summed E-state index contributed by atoms with van der Waals surface area (Å²) in [6.45, 7) is 3.79. The molecule has 1 fully saturated rings. The highest BCUT2D eigenvalue weighted by Crippen LogP contribution is 2.30. The van der Waals surface area contributed by atoms with Gasteiger partial charge in [0.05, 0.1) is 16.0 Å². The Balaban J connectivity index is 1.76. The summed E-state index contributed by atoms with van der Waals surface area (Å²) in [6, 6.07) is 6.22. The van der Waals surface area contributed by atoms with Crippen LogP contribution in [0.3, 0.4) is 0 Å². The predicted octanol–water partition coefficient (Wildman–Crippen LogP) is 2.94. The molecule has 1 aromatic heterocycles. The highest BCUT2D eigenvalue weighted by Gasteiger charge is 2.36. The number of sulfonamides is 1. The average molecular weight is 427 g/mol. The molecule has 1 atom stereocenters. The van der Waals surface area contributed by atoms with Gasteiger partial charge < -0.3 is 4.90 Å². The molecule has 0 saturated carbocycles. The number of pyridine rings is 1. The molecule has 6 nitrogen and oxygen atoms in total. The quantitative estimate of drug-likeness (QED) is 0.755. The Bertz CT molecular complexity index is 1010. The van der Waals surface area contributed by atoms with Crippen LogP contribution in [0.5, 0.6) is 0 Å². The summed E-state index contributed by atoms with van der Waals surface area (Å²) in [5, 5.41) is 0. The smallest absolute Gasteiger partial charge is 0.336 e. The van der Waals surface area contributed by atoms with Gasteiger partial charge in [-0.15, -0.1) is 0 Å². The van der Waals surface area contributed by atoms with Crippen LogP contribution in [0.4, 0.5) is 13.2 Å². The molecule has 3 rings (SSSR count). The van der Waals surface area contributed by atoms with E-state index in [1.807, 2.05) is 0 Å². The van der Waals surface area contributed by atoms with Gasteiger partial charge in [-0.05, 0) is 50.2 Å². The third kappa shape index (κ3) is 4.27. The van der Waals surface area contributed by atoms with Gasteiger partial charge in [0.25, 0.3) is 5.91 Å². The third-order valence-electron chi connectivity index (χ3n) is 4.88. The number of aromatic nitrogens is 1. The predicted molar refractivity (Wildman–Crippen MR) is 99.7 cm³/mol. The number of alkyl halides is 3. The van der Waals surface area contributed by atoms with Gasteiger partial charge in [-0.2, -0.15) is 17.5 Å². The Morgan fingerprint density at radius 1 is 1.14 bits per heavy atom. The Labute approximate surface area is 167 Å². The number of benzene rings is 1. The first-order valence-electron chi connectivity index (χ1n) is 8.92. The lowest BCUT2D eigenvalue weighted by Gasteiger charge is -2.39. The second kappa shape index (κ2) is 7.75. The van der Waals surface area contributed by atoms with Gasteiger partial charge in [0.15, 0.2) is 0 Å². The molecule has 1 amide bonds. The standard InChI is InChI=1S/C19H20F3N3O3S/c1-13-12-24(18(26)17-4-3-9-23-14(17)2)10-11-25(13)29(27,28)16-7-5-15(6-8-16)19(20,21)22/h3-9,13H,10-12H2,1-2H3. The molecule has 1 aliphatic heterocycles. The van der Waals surface area contributed by atoms with Crippen LogP contribution in [0.25, 0.3) is 0 Å². The van der Waals surface area contributed by atoms with Crippen LogP contribution >= 0.6 is 0 Å². The zero-order valence-electron chi connectivity index (χ0n) is 15.8.